The number of hydrogen-bond acceptors (Lipinski definition) is 3. The molecule has 0 spiro atoms. The fraction of sp³-hybridized carbons (Fsp3) is 0.235. The topological polar surface area (TPSA) is 57.7 Å². The van der Waals surface area contributed by atoms with Crippen LogP contribution in [0.15, 0.2) is 53.4 Å². The van der Waals surface area contributed by atoms with E-state index in [1.165, 1.54) is 17.0 Å². The summed E-state index contributed by atoms with van der Waals surface area (Å²) >= 11 is 0. The van der Waals surface area contributed by atoms with Gasteiger partial charge in [0.1, 0.15) is 12.0 Å². The molecule has 1 amide bonds. The minimum atomic E-state index is -4.02. The Morgan fingerprint density at radius 3 is 2.46 bits per heavy atom. The molecule has 1 aliphatic rings. The Labute approximate surface area is 140 Å². The molecule has 0 aliphatic carbocycles. The van der Waals surface area contributed by atoms with Crippen LogP contribution in [0, 0.1) is 12.7 Å². The summed E-state index contributed by atoms with van der Waals surface area (Å²) in [6.45, 7) is 1.33. The van der Waals surface area contributed by atoms with Crippen LogP contribution in [0.2, 0.25) is 0 Å². The van der Waals surface area contributed by atoms with Gasteiger partial charge in [0.2, 0.25) is 15.9 Å². The Hall–Kier alpha value is -2.25. The van der Waals surface area contributed by atoms with Crippen LogP contribution < -0.4 is 0 Å². The number of likely N-dealkylation sites (N-methyl/N-ethyl adjacent to an activating group) is 1. The maximum Gasteiger partial charge on any atom is 0.245 e. The fourth-order valence-corrected chi connectivity index (χ4v) is 4.67. The van der Waals surface area contributed by atoms with Crippen molar-refractivity contribution in [3.05, 3.63) is 65.5 Å². The average Bonchev–Trinajstić information content (AvgIpc) is 2.87. The van der Waals surface area contributed by atoms with Crippen LogP contribution >= 0.6 is 0 Å². The number of rotatable bonds is 3. The molecule has 1 aliphatic heterocycles. The Kier molecular flexibility index (Phi) is 4.15. The van der Waals surface area contributed by atoms with E-state index in [0.717, 1.165) is 10.4 Å². The summed E-state index contributed by atoms with van der Waals surface area (Å²) in [5.41, 5.74) is 1.12. The molecule has 0 unspecified atom stereocenters. The number of aryl methyl sites for hydroxylation is 1. The summed E-state index contributed by atoms with van der Waals surface area (Å²) in [6.07, 6.45) is -0.744. The Balaban J connectivity index is 2.12. The van der Waals surface area contributed by atoms with Crippen LogP contribution in [0.3, 0.4) is 0 Å². The van der Waals surface area contributed by atoms with Gasteiger partial charge in [0.05, 0.1) is 11.4 Å². The highest BCUT2D eigenvalue weighted by Gasteiger charge is 2.44. The molecule has 24 heavy (non-hydrogen) atoms. The van der Waals surface area contributed by atoms with E-state index in [9.17, 15) is 17.6 Å². The SMILES string of the molecule is Cc1ccc(F)cc1S(=O)(=O)N1CC(=O)N(C)[C@@H]1c1ccccc1. The minimum Gasteiger partial charge on any atom is -0.324 e. The molecule has 126 valence electrons. The van der Waals surface area contributed by atoms with E-state index in [1.54, 1.807) is 38.2 Å². The molecule has 7 heteroatoms. The highest BCUT2D eigenvalue weighted by Crippen LogP contribution is 2.35. The molecular formula is C17H17FN2O3S. The van der Waals surface area contributed by atoms with Crippen molar-refractivity contribution in [1.82, 2.24) is 9.21 Å². The standard InChI is InChI=1S/C17H17FN2O3S/c1-12-8-9-14(18)10-15(12)24(22,23)20-11-16(21)19(2)17(20)13-6-4-3-5-7-13/h3-10,17H,11H2,1-2H3/t17-/m0/s1. The molecule has 0 bridgehead atoms. The molecule has 0 aromatic heterocycles. The third kappa shape index (κ3) is 2.70. The maximum atomic E-state index is 13.6. The maximum absolute atomic E-state index is 13.6. The van der Waals surface area contributed by atoms with Gasteiger partial charge in [-0.2, -0.15) is 4.31 Å². The van der Waals surface area contributed by atoms with Gasteiger partial charge in [0.25, 0.3) is 0 Å². The van der Waals surface area contributed by atoms with E-state index >= 15 is 0 Å². The zero-order valence-electron chi connectivity index (χ0n) is 13.3. The summed E-state index contributed by atoms with van der Waals surface area (Å²) < 4.78 is 40.8. The van der Waals surface area contributed by atoms with Gasteiger partial charge >= 0.3 is 0 Å². The van der Waals surface area contributed by atoms with Crippen molar-refractivity contribution in [3.8, 4) is 0 Å². The van der Waals surface area contributed by atoms with E-state index < -0.39 is 22.0 Å². The number of amides is 1. The number of benzene rings is 2. The number of sulfonamides is 1. The van der Waals surface area contributed by atoms with Crippen LogP contribution in [-0.4, -0.2) is 37.1 Å². The predicted molar refractivity (Wildman–Crippen MR) is 87.0 cm³/mol. The monoisotopic (exact) mass is 348 g/mol. The lowest BCUT2D eigenvalue weighted by molar-refractivity contribution is -0.126. The second kappa shape index (κ2) is 5.99. The third-order valence-corrected chi connectivity index (χ3v) is 6.10. The van der Waals surface area contributed by atoms with Gasteiger partial charge in [-0.15, -0.1) is 0 Å². The molecule has 0 N–H and O–H groups in total. The lowest BCUT2D eigenvalue weighted by Gasteiger charge is -2.27. The van der Waals surface area contributed by atoms with Crippen molar-refractivity contribution < 1.29 is 17.6 Å². The quantitative estimate of drug-likeness (QED) is 0.855. The summed E-state index contributed by atoms with van der Waals surface area (Å²) in [4.78, 5) is 13.4. The van der Waals surface area contributed by atoms with Gasteiger partial charge in [-0.05, 0) is 30.2 Å². The van der Waals surface area contributed by atoms with Crippen molar-refractivity contribution in [2.75, 3.05) is 13.6 Å². The smallest absolute Gasteiger partial charge is 0.245 e. The van der Waals surface area contributed by atoms with Crippen LogP contribution in [0.1, 0.15) is 17.3 Å². The largest absolute Gasteiger partial charge is 0.324 e. The molecule has 1 heterocycles. The second-order valence-corrected chi connectivity index (χ2v) is 7.61. The van der Waals surface area contributed by atoms with Gasteiger partial charge in [-0.25, -0.2) is 12.8 Å². The van der Waals surface area contributed by atoms with E-state index in [2.05, 4.69) is 0 Å². The van der Waals surface area contributed by atoms with Gasteiger partial charge in [0.15, 0.2) is 0 Å². The molecule has 0 saturated carbocycles. The predicted octanol–water partition coefficient (Wildman–Crippen LogP) is 2.30. The van der Waals surface area contributed by atoms with E-state index in [0.29, 0.717) is 11.1 Å². The molecule has 1 atom stereocenters. The second-order valence-electron chi connectivity index (χ2n) is 5.75. The summed E-state index contributed by atoms with van der Waals surface area (Å²) in [6, 6.07) is 12.5. The van der Waals surface area contributed by atoms with Crippen molar-refractivity contribution >= 4 is 15.9 Å². The third-order valence-electron chi connectivity index (χ3n) is 4.16. The summed E-state index contributed by atoms with van der Waals surface area (Å²) in [5, 5.41) is 0. The van der Waals surface area contributed by atoms with E-state index in [-0.39, 0.29) is 17.3 Å². The highest BCUT2D eigenvalue weighted by molar-refractivity contribution is 7.89. The van der Waals surface area contributed by atoms with Crippen molar-refractivity contribution in [3.63, 3.8) is 0 Å². The number of hydrogen-bond donors (Lipinski definition) is 0. The first-order valence-corrected chi connectivity index (χ1v) is 8.85. The van der Waals surface area contributed by atoms with Crippen LogP contribution in [0.25, 0.3) is 0 Å². The van der Waals surface area contributed by atoms with Crippen molar-refractivity contribution in [2.24, 2.45) is 0 Å². The van der Waals surface area contributed by atoms with Gasteiger partial charge < -0.3 is 4.90 Å². The molecule has 3 rings (SSSR count). The minimum absolute atomic E-state index is 0.119. The number of nitrogens with zero attached hydrogens (tertiary/aromatic N) is 2. The number of carbonyl (C=O) groups excluding carboxylic acids is 1. The van der Waals surface area contributed by atoms with E-state index in [1.807, 2.05) is 6.07 Å². The number of carbonyl (C=O) groups is 1. The van der Waals surface area contributed by atoms with E-state index in [4.69, 9.17) is 0 Å². The first kappa shape index (κ1) is 16.6. The average molecular weight is 348 g/mol. The fourth-order valence-electron chi connectivity index (χ4n) is 2.87. The lowest BCUT2D eigenvalue weighted by atomic mass is 10.2. The van der Waals surface area contributed by atoms with Gasteiger partial charge in [-0.3, -0.25) is 4.79 Å². The van der Waals surface area contributed by atoms with Gasteiger partial charge in [0, 0.05) is 7.05 Å². The summed E-state index contributed by atoms with van der Waals surface area (Å²) in [5.74, 6) is -0.934. The Bertz CT molecular complexity index is 884. The Morgan fingerprint density at radius 1 is 1.12 bits per heavy atom. The lowest BCUT2D eigenvalue weighted by Crippen LogP contribution is -2.34. The van der Waals surface area contributed by atoms with Crippen LogP contribution in [0.4, 0.5) is 4.39 Å². The van der Waals surface area contributed by atoms with Gasteiger partial charge in [-0.1, -0.05) is 36.4 Å². The normalized spacial score (nSPS) is 19.0. The molecule has 1 saturated heterocycles. The molecule has 5 nitrogen and oxygen atoms in total. The molecule has 1 fully saturated rings. The highest BCUT2D eigenvalue weighted by atomic mass is 32.2. The molecular weight excluding hydrogens is 331 g/mol. The Morgan fingerprint density at radius 2 is 1.79 bits per heavy atom. The molecule has 2 aromatic rings. The van der Waals surface area contributed by atoms with Crippen LogP contribution in [0.5, 0.6) is 0 Å². The van der Waals surface area contributed by atoms with Crippen molar-refractivity contribution in [1.29, 1.82) is 0 Å². The first-order chi connectivity index (χ1) is 11.3. The zero-order chi connectivity index (χ0) is 17.5. The molecule has 0 radical (unpaired) electrons. The van der Waals surface area contributed by atoms with Crippen molar-refractivity contribution in [2.45, 2.75) is 18.0 Å². The molecule has 2 aromatic carbocycles. The first-order valence-electron chi connectivity index (χ1n) is 7.41. The number of halogens is 1. The zero-order valence-corrected chi connectivity index (χ0v) is 14.1. The summed E-state index contributed by atoms with van der Waals surface area (Å²) in [7, 11) is -2.46. The van der Waals surface area contributed by atoms with Crippen LogP contribution in [-0.2, 0) is 14.8 Å².